The van der Waals surface area contributed by atoms with Crippen LogP contribution in [0, 0.1) is 5.92 Å². The first-order valence-electron chi connectivity index (χ1n) is 9.97. The van der Waals surface area contributed by atoms with Gasteiger partial charge in [0, 0.05) is 19.1 Å². The fraction of sp³-hybridized carbons (Fsp3) is 0.650. The number of nitrogens with two attached hydrogens (primary N) is 1. The van der Waals surface area contributed by atoms with E-state index in [1.165, 1.54) is 4.31 Å². The van der Waals surface area contributed by atoms with Gasteiger partial charge in [-0.25, -0.2) is 12.7 Å². The van der Waals surface area contributed by atoms with Gasteiger partial charge < -0.3 is 11.1 Å². The molecule has 6 nitrogen and oxygen atoms in total. The molecule has 1 aliphatic carbocycles. The Bertz CT molecular complexity index is 749. The lowest BCUT2D eigenvalue weighted by atomic mass is 9.72. The molecule has 2 fully saturated rings. The predicted molar refractivity (Wildman–Crippen MR) is 114 cm³/mol. The fourth-order valence-electron chi connectivity index (χ4n) is 4.55. The zero-order valence-electron chi connectivity index (χ0n) is 16.5. The summed E-state index contributed by atoms with van der Waals surface area (Å²) in [7, 11) is -3.23. The number of hydrogen-bond acceptors (Lipinski definition) is 4. The van der Waals surface area contributed by atoms with Crippen LogP contribution in [0.5, 0.6) is 0 Å². The highest BCUT2D eigenvalue weighted by atomic mass is 35.5. The average Bonchev–Trinajstić information content (AvgIpc) is 3.15. The lowest BCUT2D eigenvalue weighted by Crippen LogP contribution is -2.55. The first-order chi connectivity index (χ1) is 12.9. The van der Waals surface area contributed by atoms with Crippen molar-refractivity contribution in [3.8, 4) is 0 Å². The Morgan fingerprint density at radius 1 is 1.21 bits per heavy atom. The summed E-state index contributed by atoms with van der Waals surface area (Å²) in [6.45, 7) is 3.01. The Hall–Kier alpha value is -1.15. The molecule has 28 heavy (non-hydrogen) atoms. The first kappa shape index (κ1) is 23.1. The molecule has 1 amide bonds. The standard InChI is InChI=1S/C20H31N3O3S.ClH/c1-2-27(25,26)23-13-11-20(12-14-23,17-8-4-3-5-9-17)19(24)22-18-10-6-7-16(18)15-21;/h3-5,8-9,16,18H,2,6-7,10-15,21H2,1H3,(H,22,24);1H. The molecule has 1 aromatic carbocycles. The molecule has 1 saturated carbocycles. The van der Waals surface area contributed by atoms with Crippen molar-refractivity contribution in [3.05, 3.63) is 35.9 Å². The summed E-state index contributed by atoms with van der Waals surface area (Å²) in [6.07, 6.45) is 4.12. The van der Waals surface area contributed by atoms with Gasteiger partial charge in [0.05, 0.1) is 11.2 Å². The summed E-state index contributed by atoms with van der Waals surface area (Å²) in [5, 5.41) is 3.27. The highest BCUT2D eigenvalue weighted by molar-refractivity contribution is 7.89. The average molecular weight is 430 g/mol. The zero-order chi connectivity index (χ0) is 19.5. The summed E-state index contributed by atoms with van der Waals surface area (Å²) in [4.78, 5) is 13.4. The smallest absolute Gasteiger partial charge is 0.230 e. The first-order valence-corrected chi connectivity index (χ1v) is 11.6. The fourth-order valence-corrected chi connectivity index (χ4v) is 5.65. The molecule has 0 aromatic heterocycles. The molecule has 2 atom stereocenters. The molecule has 1 aromatic rings. The van der Waals surface area contributed by atoms with Crippen molar-refractivity contribution in [3.63, 3.8) is 0 Å². The van der Waals surface area contributed by atoms with Crippen LogP contribution in [0.2, 0.25) is 0 Å². The molecule has 158 valence electrons. The van der Waals surface area contributed by atoms with Crippen LogP contribution >= 0.6 is 12.4 Å². The van der Waals surface area contributed by atoms with Crippen LogP contribution in [0.3, 0.4) is 0 Å². The number of piperidine rings is 1. The number of carbonyl (C=O) groups is 1. The van der Waals surface area contributed by atoms with E-state index in [9.17, 15) is 13.2 Å². The van der Waals surface area contributed by atoms with E-state index in [2.05, 4.69) is 5.32 Å². The molecule has 1 saturated heterocycles. The van der Waals surface area contributed by atoms with Gasteiger partial charge in [0.2, 0.25) is 15.9 Å². The summed E-state index contributed by atoms with van der Waals surface area (Å²) in [5.41, 5.74) is 6.17. The molecule has 1 heterocycles. The maximum atomic E-state index is 13.4. The molecule has 2 unspecified atom stereocenters. The van der Waals surface area contributed by atoms with Gasteiger partial charge in [-0.15, -0.1) is 12.4 Å². The monoisotopic (exact) mass is 429 g/mol. The zero-order valence-corrected chi connectivity index (χ0v) is 18.1. The molecular weight excluding hydrogens is 398 g/mol. The highest BCUT2D eigenvalue weighted by Crippen LogP contribution is 2.37. The number of hydrogen-bond donors (Lipinski definition) is 2. The number of rotatable bonds is 6. The van der Waals surface area contributed by atoms with Gasteiger partial charge in [0.25, 0.3) is 0 Å². The Kier molecular flexibility index (Phi) is 7.90. The normalized spacial score (nSPS) is 25.1. The van der Waals surface area contributed by atoms with Crippen molar-refractivity contribution < 1.29 is 13.2 Å². The Balaban J connectivity index is 0.00000280. The third-order valence-corrected chi connectivity index (χ3v) is 8.26. The molecule has 1 aliphatic heterocycles. The summed E-state index contributed by atoms with van der Waals surface area (Å²) >= 11 is 0. The van der Waals surface area contributed by atoms with E-state index < -0.39 is 15.4 Å². The van der Waals surface area contributed by atoms with Gasteiger partial charge in [-0.05, 0) is 50.6 Å². The number of benzene rings is 1. The van der Waals surface area contributed by atoms with E-state index in [-0.39, 0.29) is 30.1 Å². The minimum atomic E-state index is -3.23. The van der Waals surface area contributed by atoms with Gasteiger partial charge in [-0.2, -0.15) is 0 Å². The van der Waals surface area contributed by atoms with Crippen molar-refractivity contribution in [2.24, 2.45) is 11.7 Å². The van der Waals surface area contributed by atoms with Crippen molar-refractivity contribution in [2.75, 3.05) is 25.4 Å². The molecule has 3 rings (SSSR count). The summed E-state index contributed by atoms with van der Waals surface area (Å²) in [5.74, 6) is 0.451. The third-order valence-electron chi connectivity index (χ3n) is 6.37. The maximum absolute atomic E-state index is 13.4. The van der Waals surface area contributed by atoms with E-state index >= 15 is 0 Å². The number of nitrogens with one attached hydrogen (secondary N) is 1. The minimum Gasteiger partial charge on any atom is -0.352 e. The van der Waals surface area contributed by atoms with E-state index in [1.807, 2.05) is 30.3 Å². The van der Waals surface area contributed by atoms with Crippen LogP contribution in [-0.4, -0.2) is 50.1 Å². The van der Waals surface area contributed by atoms with E-state index in [0.29, 0.717) is 38.4 Å². The number of sulfonamides is 1. The number of carbonyl (C=O) groups excluding carboxylic acids is 1. The van der Waals surface area contributed by atoms with Crippen LogP contribution in [0.1, 0.15) is 44.6 Å². The van der Waals surface area contributed by atoms with Gasteiger partial charge in [-0.3, -0.25) is 4.79 Å². The van der Waals surface area contributed by atoms with E-state index in [4.69, 9.17) is 5.73 Å². The van der Waals surface area contributed by atoms with Crippen LogP contribution < -0.4 is 11.1 Å². The van der Waals surface area contributed by atoms with Crippen molar-refractivity contribution in [1.29, 1.82) is 0 Å². The van der Waals surface area contributed by atoms with Crippen molar-refractivity contribution >= 4 is 28.3 Å². The quantitative estimate of drug-likeness (QED) is 0.723. The van der Waals surface area contributed by atoms with Crippen LogP contribution in [0.15, 0.2) is 30.3 Å². The molecule has 3 N–H and O–H groups in total. The second kappa shape index (κ2) is 9.57. The molecule has 0 spiro atoms. The SMILES string of the molecule is CCS(=O)(=O)N1CCC(C(=O)NC2CCCC2CN)(c2ccccc2)CC1.Cl. The summed E-state index contributed by atoms with van der Waals surface area (Å²) < 4.78 is 26.0. The van der Waals surface area contributed by atoms with Gasteiger partial charge in [-0.1, -0.05) is 36.8 Å². The van der Waals surface area contributed by atoms with Gasteiger partial charge in [0.1, 0.15) is 0 Å². The topological polar surface area (TPSA) is 92.5 Å². The Morgan fingerprint density at radius 2 is 1.86 bits per heavy atom. The molecule has 8 heteroatoms. The molecular formula is C20H32ClN3O3S. The Labute approximate surface area is 174 Å². The third kappa shape index (κ3) is 4.53. The molecule has 2 aliphatic rings. The second-order valence-corrected chi connectivity index (χ2v) is 10.0. The van der Waals surface area contributed by atoms with Crippen molar-refractivity contribution in [2.45, 2.75) is 50.5 Å². The van der Waals surface area contributed by atoms with E-state index in [1.54, 1.807) is 6.92 Å². The largest absolute Gasteiger partial charge is 0.352 e. The van der Waals surface area contributed by atoms with Crippen LogP contribution in [0.4, 0.5) is 0 Å². The van der Waals surface area contributed by atoms with Gasteiger partial charge in [0.15, 0.2) is 0 Å². The van der Waals surface area contributed by atoms with Crippen molar-refractivity contribution in [1.82, 2.24) is 9.62 Å². The predicted octanol–water partition coefficient (Wildman–Crippen LogP) is 2.04. The maximum Gasteiger partial charge on any atom is 0.230 e. The lowest BCUT2D eigenvalue weighted by molar-refractivity contribution is -0.129. The summed E-state index contributed by atoms with van der Waals surface area (Å²) in [6, 6.07) is 9.92. The number of amides is 1. The number of halogens is 1. The lowest BCUT2D eigenvalue weighted by Gasteiger charge is -2.41. The number of nitrogens with zero attached hydrogens (tertiary/aromatic N) is 1. The van der Waals surface area contributed by atoms with Crippen LogP contribution in [0.25, 0.3) is 0 Å². The second-order valence-electron chi connectivity index (χ2n) is 7.75. The van der Waals surface area contributed by atoms with Gasteiger partial charge >= 0.3 is 0 Å². The molecule has 0 radical (unpaired) electrons. The minimum absolute atomic E-state index is 0. The van der Waals surface area contributed by atoms with Crippen LogP contribution in [-0.2, 0) is 20.2 Å². The Morgan fingerprint density at radius 3 is 2.43 bits per heavy atom. The van der Waals surface area contributed by atoms with E-state index in [0.717, 1.165) is 24.8 Å². The highest BCUT2D eigenvalue weighted by Gasteiger charge is 2.45. The molecule has 0 bridgehead atoms.